The van der Waals surface area contributed by atoms with Crippen LogP contribution >= 0.6 is 0 Å². The summed E-state index contributed by atoms with van der Waals surface area (Å²) in [6.07, 6.45) is 3.59. The van der Waals surface area contributed by atoms with Crippen molar-refractivity contribution in [1.29, 1.82) is 0 Å². The fourth-order valence-electron chi connectivity index (χ4n) is 1.44. The average Bonchev–Trinajstić information content (AvgIpc) is 2.68. The Balaban J connectivity index is 2.33. The Morgan fingerprint density at radius 1 is 1.47 bits per heavy atom. The lowest BCUT2D eigenvalue weighted by Crippen LogP contribution is -1.92. The molecule has 0 saturated heterocycles. The molecule has 0 aliphatic rings. The summed E-state index contributed by atoms with van der Waals surface area (Å²) in [5.41, 5.74) is 7.32. The van der Waals surface area contributed by atoms with Crippen molar-refractivity contribution in [2.24, 2.45) is 0 Å². The van der Waals surface area contributed by atoms with E-state index in [1.165, 1.54) is 0 Å². The molecule has 0 atom stereocenters. The number of nitrogens with two attached hydrogens (primary N) is 1. The maximum atomic E-state index is 5.74. The summed E-state index contributed by atoms with van der Waals surface area (Å²) in [7, 11) is 0. The first-order chi connectivity index (χ1) is 7.31. The van der Waals surface area contributed by atoms with Gasteiger partial charge in [0, 0.05) is 24.2 Å². The molecule has 0 aromatic carbocycles. The first kappa shape index (κ1) is 9.71. The molecule has 4 heteroatoms. The zero-order chi connectivity index (χ0) is 10.7. The minimum absolute atomic E-state index is 0.480. The predicted molar refractivity (Wildman–Crippen MR) is 58.1 cm³/mol. The minimum Gasteiger partial charge on any atom is -0.383 e. The largest absolute Gasteiger partial charge is 0.383 e. The van der Waals surface area contributed by atoms with Gasteiger partial charge in [-0.05, 0) is 18.6 Å². The molecular formula is C11H13N3O. The van der Waals surface area contributed by atoms with Crippen molar-refractivity contribution >= 4 is 5.82 Å². The lowest BCUT2D eigenvalue weighted by molar-refractivity contribution is 0.384. The normalized spacial score (nSPS) is 10.5. The summed E-state index contributed by atoms with van der Waals surface area (Å²) >= 11 is 0. The maximum Gasteiger partial charge on any atom is 0.137 e. The first-order valence-electron chi connectivity index (χ1n) is 4.97. The van der Waals surface area contributed by atoms with Gasteiger partial charge in [-0.15, -0.1) is 0 Å². The molecule has 15 heavy (non-hydrogen) atoms. The van der Waals surface area contributed by atoms with Gasteiger partial charge in [0.2, 0.25) is 0 Å². The monoisotopic (exact) mass is 203 g/mol. The van der Waals surface area contributed by atoms with Crippen molar-refractivity contribution in [1.82, 2.24) is 10.1 Å². The Labute approximate surface area is 88.1 Å². The van der Waals surface area contributed by atoms with E-state index in [1.54, 1.807) is 6.20 Å². The smallest absolute Gasteiger partial charge is 0.137 e. The first-order valence-corrected chi connectivity index (χ1v) is 4.97. The summed E-state index contributed by atoms with van der Waals surface area (Å²) < 4.78 is 5.18. The highest BCUT2D eigenvalue weighted by atomic mass is 16.5. The highest BCUT2D eigenvalue weighted by Crippen LogP contribution is 2.23. The van der Waals surface area contributed by atoms with Gasteiger partial charge in [-0.2, -0.15) is 0 Å². The Morgan fingerprint density at radius 3 is 3.07 bits per heavy atom. The summed E-state index contributed by atoms with van der Waals surface area (Å²) in [5.74, 6) is 1.37. The lowest BCUT2D eigenvalue weighted by Gasteiger charge is -1.97. The topological polar surface area (TPSA) is 64.9 Å². The quantitative estimate of drug-likeness (QED) is 0.831. The van der Waals surface area contributed by atoms with Crippen molar-refractivity contribution in [2.75, 3.05) is 5.73 Å². The van der Waals surface area contributed by atoms with Crippen molar-refractivity contribution in [2.45, 2.75) is 19.8 Å². The number of aromatic nitrogens is 2. The highest BCUT2D eigenvalue weighted by molar-refractivity contribution is 5.70. The number of pyridine rings is 1. The number of nitrogen functional groups attached to an aromatic ring is 1. The fraction of sp³-hybridized carbons (Fsp3) is 0.273. The molecule has 2 aromatic rings. The van der Waals surface area contributed by atoms with Gasteiger partial charge in [-0.1, -0.05) is 12.1 Å². The molecule has 0 aliphatic carbocycles. The number of hydrogen-bond donors (Lipinski definition) is 1. The van der Waals surface area contributed by atoms with Crippen LogP contribution in [0.1, 0.15) is 19.1 Å². The standard InChI is InChI=1S/C11H13N3O/c1-2-4-8-7-10(14-15-8)9-5-3-6-13-11(9)12/h3,5-7H,2,4H2,1H3,(H2,12,13). The van der Waals surface area contributed by atoms with Crippen LogP contribution in [-0.2, 0) is 6.42 Å². The second kappa shape index (κ2) is 4.13. The molecule has 0 aliphatic heterocycles. The number of rotatable bonds is 3. The van der Waals surface area contributed by atoms with Crippen LogP contribution in [0.25, 0.3) is 11.3 Å². The predicted octanol–water partition coefficient (Wildman–Crippen LogP) is 2.27. The van der Waals surface area contributed by atoms with Gasteiger partial charge in [-0.25, -0.2) is 4.98 Å². The van der Waals surface area contributed by atoms with E-state index in [2.05, 4.69) is 17.1 Å². The second-order valence-corrected chi connectivity index (χ2v) is 3.36. The second-order valence-electron chi connectivity index (χ2n) is 3.36. The minimum atomic E-state index is 0.480. The molecule has 0 spiro atoms. The van der Waals surface area contributed by atoms with Gasteiger partial charge in [0.05, 0.1) is 0 Å². The summed E-state index contributed by atoms with van der Waals surface area (Å²) in [6.45, 7) is 2.10. The molecule has 2 rings (SSSR count). The molecule has 2 N–H and O–H groups in total. The number of anilines is 1. The lowest BCUT2D eigenvalue weighted by atomic mass is 10.1. The van der Waals surface area contributed by atoms with Crippen LogP contribution in [-0.4, -0.2) is 10.1 Å². The zero-order valence-corrected chi connectivity index (χ0v) is 8.60. The Hall–Kier alpha value is -1.84. The van der Waals surface area contributed by atoms with Gasteiger partial charge in [-0.3, -0.25) is 0 Å². The van der Waals surface area contributed by atoms with Gasteiger partial charge in [0.15, 0.2) is 0 Å². The molecule has 78 valence electrons. The average molecular weight is 203 g/mol. The number of nitrogens with zero attached hydrogens (tertiary/aromatic N) is 2. The third kappa shape index (κ3) is 1.98. The van der Waals surface area contributed by atoms with Crippen LogP contribution in [0.15, 0.2) is 28.9 Å². The van der Waals surface area contributed by atoms with Gasteiger partial charge < -0.3 is 10.3 Å². The van der Waals surface area contributed by atoms with E-state index in [0.29, 0.717) is 5.82 Å². The van der Waals surface area contributed by atoms with Crippen molar-refractivity contribution in [3.05, 3.63) is 30.2 Å². The van der Waals surface area contributed by atoms with E-state index in [4.69, 9.17) is 10.3 Å². The molecule has 0 unspecified atom stereocenters. The zero-order valence-electron chi connectivity index (χ0n) is 8.60. The van der Waals surface area contributed by atoms with Crippen LogP contribution in [0.3, 0.4) is 0 Å². The third-order valence-electron chi connectivity index (χ3n) is 2.17. The van der Waals surface area contributed by atoms with Crippen LogP contribution in [0.4, 0.5) is 5.82 Å². The van der Waals surface area contributed by atoms with E-state index in [-0.39, 0.29) is 0 Å². The highest BCUT2D eigenvalue weighted by Gasteiger charge is 2.08. The summed E-state index contributed by atoms with van der Waals surface area (Å²) in [5, 5.41) is 3.97. The van der Waals surface area contributed by atoms with Crippen molar-refractivity contribution in [3.63, 3.8) is 0 Å². The van der Waals surface area contributed by atoms with Gasteiger partial charge in [0.1, 0.15) is 17.3 Å². The van der Waals surface area contributed by atoms with E-state index < -0.39 is 0 Å². The molecule has 0 fully saturated rings. The Morgan fingerprint density at radius 2 is 2.33 bits per heavy atom. The molecule has 0 amide bonds. The van der Waals surface area contributed by atoms with Crippen LogP contribution in [0, 0.1) is 0 Å². The maximum absolute atomic E-state index is 5.74. The summed E-state index contributed by atoms with van der Waals surface area (Å²) in [6, 6.07) is 5.63. The molecule has 2 aromatic heterocycles. The molecule has 2 heterocycles. The molecule has 0 radical (unpaired) electrons. The fourth-order valence-corrected chi connectivity index (χ4v) is 1.44. The van der Waals surface area contributed by atoms with Crippen LogP contribution < -0.4 is 5.73 Å². The molecule has 0 saturated carbocycles. The SMILES string of the molecule is CCCc1cc(-c2cccnc2N)no1. The third-order valence-corrected chi connectivity index (χ3v) is 2.17. The molecular weight excluding hydrogens is 190 g/mol. The molecule has 4 nitrogen and oxygen atoms in total. The van der Waals surface area contributed by atoms with E-state index in [1.807, 2.05) is 18.2 Å². The van der Waals surface area contributed by atoms with Crippen LogP contribution in [0.2, 0.25) is 0 Å². The van der Waals surface area contributed by atoms with Crippen molar-refractivity contribution in [3.8, 4) is 11.3 Å². The summed E-state index contributed by atoms with van der Waals surface area (Å²) in [4.78, 5) is 4.01. The van der Waals surface area contributed by atoms with Crippen molar-refractivity contribution < 1.29 is 4.52 Å². The van der Waals surface area contributed by atoms with Gasteiger partial charge >= 0.3 is 0 Å². The van der Waals surface area contributed by atoms with Gasteiger partial charge in [0.25, 0.3) is 0 Å². The van der Waals surface area contributed by atoms with Crippen LogP contribution in [0.5, 0.6) is 0 Å². The number of aryl methyl sites for hydroxylation is 1. The van der Waals surface area contributed by atoms with E-state index in [9.17, 15) is 0 Å². The Kier molecular flexibility index (Phi) is 2.67. The van der Waals surface area contributed by atoms with E-state index >= 15 is 0 Å². The van der Waals surface area contributed by atoms with E-state index in [0.717, 1.165) is 29.9 Å². The Bertz CT molecular complexity index is 451. The number of hydrogen-bond acceptors (Lipinski definition) is 4. The molecule has 0 bridgehead atoms.